The number of rotatable bonds is 6. The summed E-state index contributed by atoms with van der Waals surface area (Å²) in [5.41, 5.74) is 0. The van der Waals surface area contributed by atoms with Crippen LogP contribution in [0.5, 0.6) is 0 Å². The first-order chi connectivity index (χ1) is 7.67. The first-order valence-electron chi connectivity index (χ1n) is 5.69. The van der Waals surface area contributed by atoms with Gasteiger partial charge in [0.2, 0.25) is 0 Å². The van der Waals surface area contributed by atoms with Gasteiger partial charge in [0.25, 0.3) is 0 Å². The number of carboxylic acids is 1. The van der Waals surface area contributed by atoms with Crippen LogP contribution in [0.2, 0.25) is 0 Å². The number of hydrogen-bond acceptors (Lipinski definition) is 4. The monoisotopic (exact) mass is 231 g/mol. The number of carboxylic acid groups (broad SMARTS) is 1. The van der Waals surface area contributed by atoms with E-state index < -0.39 is 5.97 Å². The summed E-state index contributed by atoms with van der Waals surface area (Å²) >= 11 is 0. The van der Waals surface area contributed by atoms with Crippen molar-refractivity contribution in [2.75, 3.05) is 20.8 Å². The third kappa shape index (κ3) is 4.08. The lowest BCUT2D eigenvalue weighted by Gasteiger charge is -2.28. The van der Waals surface area contributed by atoms with E-state index in [2.05, 4.69) is 5.32 Å². The van der Waals surface area contributed by atoms with E-state index in [0.29, 0.717) is 13.0 Å². The molecule has 1 aliphatic carbocycles. The molecule has 2 unspecified atom stereocenters. The van der Waals surface area contributed by atoms with Crippen molar-refractivity contribution in [1.29, 1.82) is 0 Å². The fourth-order valence-electron chi connectivity index (χ4n) is 2.13. The first kappa shape index (κ1) is 13.4. The summed E-state index contributed by atoms with van der Waals surface area (Å²) in [4.78, 5) is 10.9. The molecule has 0 bridgehead atoms. The van der Waals surface area contributed by atoms with Crippen LogP contribution in [0, 0.1) is 5.92 Å². The topological polar surface area (TPSA) is 67.8 Å². The van der Waals surface area contributed by atoms with Crippen LogP contribution in [0.15, 0.2) is 0 Å². The summed E-state index contributed by atoms with van der Waals surface area (Å²) < 4.78 is 10.1. The van der Waals surface area contributed by atoms with Gasteiger partial charge < -0.3 is 19.9 Å². The van der Waals surface area contributed by atoms with Crippen LogP contribution in [0.4, 0.5) is 0 Å². The maximum Gasteiger partial charge on any atom is 0.306 e. The van der Waals surface area contributed by atoms with Crippen LogP contribution in [-0.4, -0.2) is 44.2 Å². The molecule has 5 nitrogen and oxygen atoms in total. The average molecular weight is 231 g/mol. The van der Waals surface area contributed by atoms with Crippen molar-refractivity contribution in [3.63, 3.8) is 0 Å². The molecule has 94 valence electrons. The summed E-state index contributed by atoms with van der Waals surface area (Å²) in [7, 11) is 3.19. The Kier molecular flexibility index (Phi) is 5.73. The van der Waals surface area contributed by atoms with E-state index in [1.54, 1.807) is 14.2 Å². The smallest absolute Gasteiger partial charge is 0.306 e. The molecule has 0 spiro atoms. The highest BCUT2D eigenvalue weighted by atomic mass is 16.7. The molecule has 1 saturated carbocycles. The van der Waals surface area contributed by atoms with E-state index in [9.17, 15) is 4.79 Å². The Labute approximate surface area is 96.1 Å². The highest BCUT2D eigenvalue weighted by molar-refractivity contribution is 5.70. The third-order valence-electron chi connectivity index (χ3n) is 3.12. The number of hydrogen-bond donors (Lipinski definition) is 2. The molecule has 0 aromatic heterocycles. The Balaban J connectivity index is 2.29. The van der Waals surface area contributed by atoms with E-state index in [-0.39, 0.29) is 18.2 Å². The molecule has 0 aromatic carbocycles. The van der Waals surface area contributed by atoms with Crippen molar-refractivity contribution >= 4 is 5.97 Å². The second-order valence-electron chi connectivity index (χ2n) is 4.21. The Morgan fingerprint density at radius 2 is 2.12 bits per heavy atom. The Morgan fingerprint density at radius 3 is 2.69 bits per heavy atom. The zero-order valence-corrected chi connectivity index (χ0v) is 9.94. The van der Waals surface area contributed by atoms with Gasteiger partial charge >= 0.3 is 5.97 Å². The minimum atomic E-state index is -0.679. The lowest BCUT2D eigenvalue weighted by Crippen LogP contribution is -2.41. The van der Waals surface area contributed by atoms with Crippen molar-refractivity contribution < 1.29 is 19.4 Å². The maximum absolute atomic E-state index is 10.9. The molecule has 1 rings (SSSR count). The van der Waals surface area contributed by atoms with Crippen LogP contribution >= 0.6 is 0 Å². The van der Waals surface area contributed by atoms with E-state index in [1.807, 2.05) is 0 Å². The number of ether oxygens (including phenoxy) is 2. The van der Waals surface area contributed by atoms with Gasteiger partial charge in [-0.05, 0) is 19.3 Å². The van der Waals surface area contributed by atoms with Gasteiger partial charge in [0.15, 0.2) is 6.29 Å². The minimum absolute atomic E-state index is 0.199. The van der Waals surface area contributed by atoms with Gasteiger partial charge in [0, 0.05) is 26.8 Å². The van der Waals surface area contributed by atoms with E-state index in [1.165, 1.54) is 0 Å². The molecule has 16 heavy (non-hydrogen) atoms. The zero-order valence-electron chi connectivity index (χ0n) is 9.94. The van der Waals surface area contributed by atoms with Crippen molar-refractivity contribution in [2.24, 2.45) is 5.92 Å². The molecular weight excluding hydrogens is 210 g/mol. The molecule has 0 aliphatic heterocycles. The molecule has 0 amide bonds. The lowest BCUT2D eigenvalue weighted by atomic mass is 9.86. The quantitative estimate of drug-likeness (QED) is 0.663. The summed E-state index contributed by atoms with van der Waals surface area (Å²) in [6.45, 7) is 0.601. The second-order valence-corrected chi connectivity index (χ2v) is 4.21. The SMILES string of the molecule is COC(CNC1CCCC(C(=O)O)C1)OC. The molecule has 2 N–H and O–H groups in total. The standard InChI is InChI=1S/C11H21NO4/c1-15-10(16-2)7-12-9-5-3-4-8(6-9)11(13)14/h8-10,12H,3-7H2,1-2H3,(H,13,14). The average Bonchev–Trinajstić information content (AvgIpc) is 2.31. The normalized spacial score (nSPS) is 25.9. The van der Waals surface area contributed by atoms with E-state index >= 15 is 0 Å². The van der Waals surface area contributed by atoms with Gasteiger partial charge in [-0.15, -0.1) is 0 Å². The predicted octanol–water partition coefficient (Wildman–Crippen LogP) is 0.838. The summed E-state index contributed by atoms with van der Waals surface area (Å²) in [6, 6.07) is 0.266. The van der Waals surface area contributed by atoms with Crippen molar-refractivity contribution in [3.8, 4) is 0 Å². The highest BCUT2D eigenvalue weighted by Crippen LogP contribution is 2.24. The molecule has 0 radical (unpaired) electrons. The number of methoxy groups -OCH3 is 2. The molecule has 1 fully saturated rings. The highest BCUT2D eigenvalue weighted by Gasteiger charge is 2.26. The largest absolute Gasteiger partial charge is 0.481 e. The van der Waals surface area contributed by atoms with Crippen LogP contribution in [0.3, 0.4) is 0 Å². The first-order valence-corrected chi connectivity index (χ1v) is 5.69. The van der Waals surface area contributed by atoms with Crippen LogP contribution in [0.25, 0.3) is 0 Å². The summed E-state index contributed by atoms with van der Waals surface area (Å²) in [6.07, 6.45) is 3.25. The predicted molar refractivity (Wildman–Crippen MR) is 59.2 cm³/mol. The van der Waals surface area contributed by atoms with Crippen molar-refractivity contribution in [1.82, 2.24) is 5.32 Å². The Morgan fingerprint density at radius 1 is 1.44 bits per heavy atom. The summed E-state index contributed by atoms with van der Waals surface area (Å²) in [5, 5.41) is 12.2. The molecule has 2 atom stereocenters. The molecule has 5 heteroatoms. The fourth-order valence-corrected chi connectivity index (χ4v) is 2.13. The number of aliphatic carboxylic acids is 1. The number of carbonyl (C=O) groups is 1. The zero-order chi connectivity index (χ0) is 12.0. The minimum Gasteiger partial charge on any atom is -0.481 e. The van der Waals surface area contributed by atoms with Gasteiger partial charge in [0.1, 0.15) is 0 Å². The van der Waals surface area contributed by atoms with Gasteiger partial charge in [-0.3, -0.25) is 4.79 Å². The molecule has 0 saturated heterocycles. The third-order valence-corrected chi connectivity index (χ3v) is 3.12. The number of nitrogens with one attached hydrogen (secondary N) is 1. The summed E-state index contributed by atoms with van der Waals surface area (Å²) in [5.74, 6) is -0.878. The van der Waals surface area contributed by atoms with Gasteiger partial charge in [-0.25, -0.2) is 0 Å². The maximum atomic E-state index is 10.9. The van der Waals surface area contributed by atoms with Gasteiger partial charge in [-0.1, -0.05) is 6.42 Å². The molecule has 1 aliphatic rings. The van der Waals surface area contributed by atoms with Crippen molar-refractivity contribution in [2.45, 2.75) is 38.0 Å². The van der Waals surface area contributed by atoms with Gasteiger partial charge in [0.05, 0.1) is 5.92 Å². The lowest BCUT2D eigenvalue weighted by molar-refractivity contribution is -0.143. The molecule has 0 heterocycles. The Hall–Kier alpha value is -0.650. The van der Waals surface area contributed by atoms with Crippen molar-refractivity contribution in [3.05, 3.63) is 0 Å². The molecular formula is C11H21NO4. The second kappa shape index (κ2) is 6.83. The fraction of sp³-hybridized carbons (Fsp3) is 0.909. The Bertz CT molecular complexity index is 218. The van der Waals surface area contributed by atoms with Crippen LogP contribution in [0.1, 0.15) is 25.7 Å². The van der Waals surface area contributed by atoms with E-state index in [4.69, 9.17) is 14.6 Å². The van der Waals surface area contributed by atoms with E-state index in [0.717, 1.165) is 19.3 Å². The molecule has 0 aromatic rings. The van der Waals surface area contributed by atoms with Gasteiger partial charge in [-0.2, -0.15) is 0 Å². The van der Waals surface area contributed by atoms with Crippen LogP contribution < -0.4 is 5.32 Å². The van der Waals surface area contributed by atoms with Crippen LogP contribution in [-0.2, 0) is 14.3 Å².